The van der Waals surface area contributed by atoms with Gasteiger partial charge in [-0.15, -0.1) is 0 Å². The molecule has 0 heterocycles. The molecule has 2 unspecified atom stereocenters. The largest absolute Gasteiger partial charge is 0.479 e. The third-order valence-corrected chi connectivity index (χ3v) is 2.32. The number of hydrogen-bond donors (Lipinski definition) is 3. The number of esters is 1. The van der Waals surface area contributed by atoms with Crippen LogP contribution in [-0.4, -0.2) is 40.0 Å². The van der Waals surface area contributed by atoms with Crippen LogP contribution in [0.3, 0.4) is 0 Å². The van der Waals surface area contributed by atoms with Crippen molar-refractivity contribution in [2.75, 3.05) is 6.61 Å². The molecule has 18 heavy (non-hydrogen) atoms. The van der Waals surface area contributed by atoms with Crippen molar-refractivity contribution in [2.24, 2.45) is 0 Å². The molecule has 0 aliphatic carbocycles. The first-order valence-electron chi connectivity index (χ1n) is 5.33. The van der Waals surface area contributed by atoms with Gasteiger partial charge < -0.3 is 20.1 Å². The Morgan fingerprint density at radius 2 is 1.78 bits per heavy atom. The normalized spacial score (nSPS) is 13.7. The van der Waals surface area contributed by atoms with Gasteiger partial charge >= 0.3 is 11.9 Å². The van der Waals surface area contributed by atoms with Gasteiger partial charge in [-0.3, -0.25) is 0 Å². The summed E-state index contributed by atoms with van der Waals surface area (Å²) in [6, 6.07) is 5.52. The lowest BCUT2D eigenvalue weighted by atomic mass is 10.0. The first-order valence-corrected chi connectivity index (χ1v) is 5.33. The number of carboxylic acids is 1. The van der Waals surface area contributed by atoms with E-state index in [-0.39, 0.29) is 17.7 Å². The molecule has 1 aromatic rings. The van der Waals surface area contributed by atoms with Gasteiger partial charge in [0.15, 0.2) is 6.10 Å². The van der Waals surface area contributed by atoms with Crippen LogP contribution in [0.2, 0.25) is 0 Å². The minimum Gasteiger partial charge on any atom is -0.479 e. The lowest BCUT2D eigenvalue weighted by molar-refractivity contribution is -0.153. The second-order valence-electron chi connectivity index (χ2n) is 3.57. The Kier molecular flexibility index (Phi) is 4.82. The van der Waals surface area contributed by atoms with Gasteiger partial charge in [-0.1, -0.05) is 12.1 Å². The van der Waals surface area contributed by atoms with Crippen LogP contribution in [0.15, 0.2) is 24.3 Å². The highest BCUT2D eigenvalue weighted by Gasteiger charge is 2.25. The molecule has 0 aromatic heterocycles. The Hall–Kier alpha value is -1.92. The van der Waals surface area contributed by atoms with Gasteiger partial charge in [-0.05, 0) is 24.6 Å². The smallest absolute Gasteiger partial charge is 0.338 e. The minimum atomic E-state index is -1.90. The summed E-state index contributed by atoms with van der Waals surface area (Å²) in [5.74, 6) is -2.02. The zero-order chi connectivity index (χ0) is 13.7. The molecule has 98 valence electrons. The summed E-state index contributed by atoms with van der Waals surface area (Å²) >= 11 is 0. The maximum Gasteiger partial charge on any atom is 0.338 e. The molecule has 0 aliphatic heterocycles. The number of benzene rings is 1. The number of carboxylic acid groups (broad SMARTS) is 1. The first kappa shape index (κ1) is 14.1. The Morgan fingerprint density at radius 3 is 2.22 bits per heavy atom. The summed E-state index contributed by atoms with van der Waals surface area (Å²) in [6.07, 6.45) is -3.45. The lowest BCUT2D eigenvalue weighted by Crippen LogP contribution is -2.27. The van der Waals surface area contributed by atoms with E-state index in [4.69, 9.17) is 14.9 Å². The zero-order valence-electron chi connectivity index (χ0n) is 9.74. The van der Waals surface area contributed by atoms with Crippen molar-refractivity contribution in [3.8, 4) is 0 Å². The third kappa shape index (κ3) is 3.28. The van der Waals surface area contributed by atoms with Gasteiger partial charge in [0.1, 0.15) is 6.10 Å². The number of aliphatic hydroxyl groups excluding tert-OH is 2. The highest BCUT2D eigenvalue weighted by molar-refractivity contribution is 5.89. The molecule has 6 nitrogen and oxygen atoms in total. The van der Waals surface area contributed by atoms with Crippen molar-refractivity contribution in [3.63, 3.8) is 0 Å². The Balaban J connectivity index is 2.82. The summed E-state index contributed by atoms with van der Waals surface area (Å²) in [5, 5.41) is 27.3. The van der Waals surface area contributed by atoms with Gasteiger partial charge in [0.05, 0.1) is 12.2 Å². The number of carbonyl (C=O) groups excluding carboxylic acids is 1. The summed E-state index contributed by atoms with van der Waals surface area (Å²) < 4.78 is 4.77. The predicted molar refractivity (Wildman–Crippen MR) is 61.0 cm³/mol. The first-order chi connectivity index (χ1) is 8.47. The molecule has 3 N–H and O–H groups in total. The van der Waals surface area contributed by atoms with Crippen LogP contribution in [0, 0.1) is 0 Å². The van der Waals surface area contributed by atoms with Crippen molar-refractivity contribution < 1.29 is 29.6 Å². The van der Waals surface area contributed by atoms with Gasteiger partial charge in [0.2, 0.25) is 0 Å². The highest BCUT2D eigenvalue weighted by Crippen LogP contribution is 2.18. The fraction of sp³-hybridized carbons (Fsp3) is 0.333. The Labute approximate surface area is 103 Å². The molecule has 2 atom stereocenters. The van der Waals surface area contributed by atoms with E-state index in [1.807, 2.05) is 0 Å². The van der Waals surface area contributed by atoms with Crippen molar-refractivity contribution in [3.05, 3.63) is 35.4 Å². The summed E-state index contributed by atoms with van der Waals surface area (Å²) in [4.78, 5) is 21.8. The topological polar surface area (TPSA) is 104 Å². The average molecular weight is 254 g/mol. The van der Waals surface area contributed by atoms with E-state index in [0.717, 1.165) is 0 Å². The summed E-state index contributed by atoms with van der Waals surface area (Å²) in [5.41, 5.74) is 0.496. The number of aliphatic hydroxyl groups is 2. The van der Waals surface area contributed by atoms with Crippen molar-refractivity contribution >= 4 is 11.9 Å². The van der Waals surface area contributed by atoms with E-state index in [1.54, 1.807) is 6.92 Å². The quantitative estimate of drug-likeness (QED) is 0.655. The lowest BCUT2D eigenvalue weighted by Gasteiger charge is -2.14. The molecular weight excluding hydrogens is 240 g/mol. The van der Waals surface area contributed by atoms with Crippen molar-refractivity contribution in [1.29, 1.82) is 0 Å². The molecule has 0 bridgehead atoms. The van der Waals surface area contributed by atoms with E-state index in [9.17, 15) is 14.7 Å². The summed E-state index contributed by atoms with van der Waals surface area (Å²) in [7, 11) is 0. The van der Waals surface area contributed by atoms with Crippen LogP contribution in [0.5, 0.6) is 0 Å². The van der Waals surface area contributed by atoms with Crippen molar-refractivity contribution in [1.82, 2.24) is 0 Å². The van der Waals surface area contributed by atoms with Crippen LogP contribution in [0.1, 0.15) is 28.9 Å². The molecule has 0 fully saturated rings. The standard InChI is InChI=1S/C12H14O6/c1-2-18-12(17)8-5-3-7(4-6-8)9(13)10(14)11(15)16/h3-6,9-10,13-14H,2H2,1H3,(H,15,16). The maximum absolute atomic E-state index is 11.3. The Bertz CT molecular complexity index is 425. The van der Waals surface area contributed by atoms with Crippen LogP contribution in [-0.2, 0) is 9.53 Å². The number of carbonyl (C=O) groups is 2. The zero-order valence-corrected chi connectivity index (χ0v) is 9.74. The SMILES string of the molecule is CCOC(=O)c1ccc(C(O)C(O)C(=O)O)cc1. The fourth-order valence-electron chi connectivity index (χ4n) is 1.35. The van der Waals surface area contributed by atoms with E-state index < -0.39 is 24.1 Å². The average Bonchev–Trinajstić information content (AvgIpc) is 2.37. The van der Waals surface area contributed by atoms with Crippen molar-refractivity contribution in [2.45, 2.75) is 19.1 Å². The van der Waals surface area contributed by atoms with E-state index >= 15 is 0 Å². The molecule has 1 rings (SSSR count). The molecule has 0 spiro atoms. The second-order valence-corrected chi connectivity index (χ2v) is 3.57. The maximum atomic E-state index is 11.3. The predicted octanol–water partition coefficient (Wildman–Crippen LogP) is 0.342. The minimum absolute atomic E-state index is 0.206. The van der Waals surface area contributed by atoms with Gasteiger partial charge in [-0.25, -0.2) is 9.59 Å². The van der Waals surface area contributed by atoms with E-state index in [1.165, 1.54) is 24.3 Å². The molecule has 1 aromatic carbocycles. The molecule has 0 radical (unpaired) electrons. The fourth-order valence-corrected chi connectivity index (χ4v) is 1.35. The third-order valence-electron chi connectivity index (χ3n) is 2.32. The van der Waals surface area contributed by atoms with Crippen LogP contribution in [0.4, 0.5) is 0 Å². The molecule has 6 heteroatoms. The molecule has 0 amide bonds. The highest BCUT2D eigenvalue weighted by atomic mass is 16.5. The molecule has 0 saturated heterocycles. The van der Waals surface area contributed by atoms with Gasteiger partial charge in [0.25, 0.3) is 0 Å². The molecule has 0 saturated carbocycles. The van der Waals surface area contributed by atoms with Crippen LogP contribution in [0.25, 0.3) is 0 Å². The number of hydrogen-bond acceptors (Lipinski definition) is 5. The van der Waals surface area contributed by atoms with Gasteiger partial charge in [0, 0.05) is 0 Å². The Morgan fingerprint density at radius 1 is 1.22 bits per heavy atom. The van der Waals surface area contributed by atoms with E-state index in [2.05, 4.69) is 0 Å². The number of rotatable bonds is 5. The molecule has 0 aliphatic rings. The summed E-state index contributed by atoms with van der Waals surface area (Å²) in [6.45, 7) is 1.93. The van der Waals surface area contributed by atoms with Crippen LogP contribution < -0.4 is 0 Å². The molecular formula is C12H14O6. The second kappa shape index (κ2) is 6.13. The van der Waals surface area contributed by atoms with Gasteiger partial charge in [-0.2, -0.15) is 0 Å². The monoisotopic (exact) mass is 254 g/mol. The van der Waals surface area contributed by atoms with Crippen LogP contribution >= 0.6 is 0 Å². The number of ether oxygens (including phenoxy) is 1. The number of aliphatic carboxylic acids is 1. The van der Waals surface area contributed by atoms with E-state index in [0.29, 0.717) is 0 Å².